The number of methoxy groups -OCH3 is 1. The van der Waals surface area contributed by atoms with Crippen LogP contribution in [0.1, 0.15) is 12.0 Å². The van der Waals surface area contributed by atoms with Gasteiger partial charge in [-0.1, -0.05) is 47.5 Å². The Labute approximate surface area is 171 Å². The first-order valence-electron chi connectivity index (χ1n) is 9.00. The molecule has 3 rings (SSSR count). The van der Waals surface area contributed by atoms with Crippen LogP contribution in [0, 0.1) is 6.57 Å². The van der Waals surface area contributed by atoms with Crippen LogP contribution in [0.25, 0.3) is 4.85 Å². The Kier molecular flexibility index (Phi) is 6.98. The molecule has 0 radical (unpaired) electrons. The number of rotatable bonds is 7. The lowest BCUT2D eigenvalue weighted by molar-refractivity contribution is 0.160. The molecule has 0 N–H and O–H groups in total. The van der Waals surface area contributed by atoms with Gasteiger partial charge in [0.25, 0.3) is 0 Å². The Hall–Kier alpha value is -1.77. The molecule has 0 bridgehead atoms. The van der Waals surface area contributed by atoms with Crippen molar-refractivity contribution in [3.05, 3.63) is 69.5 Å². The normalized spacial score (nSPS) is 17.0. The molecule has 27 heavy (non-hydrogen) atoms. The van der Waals surface area contributed by atoms with E-state index in [1.807, 2.05) is 30.3 Å². The first kappa shape index (κ1) is 20.0. The van der Waals surface area contributed by atoms with Gasteiger partial charge in [0.15, 0.2) is 0 Å². The highest BCUT2D eigenvalue weighted by atomic mass is 35.5. The molecule has 4 nitrogen and oxygen atoms in total. The van der Waals surface area contributed by atoms with Crippen molar-refractivity contribution in [3.8, 4) is 0 Å². The monoisotopic (exact) mass is 403 g/mol. The van der Waals surface area contributed by atoms with E-state index in [-0.39, 0.29) is 0 Å². The van der Waals surface area contributed by atoms with E-state index in [0.29, 0.717) is 23.3 Å². The summed E-state index contributed by atoms with van der Waals surface area (Å²) in [7, 11) is 1.73. The summed E-state index contributed by atoms with van der Waals surface area (Å²) in [4.78, 5) is 8.24. The first-order chi connectivity index (χ1) is 13.1. The number of likely N-dealkylation sites (tertiary alicyclic amines) is 1. The van der Waals surface area contributed by atoms with Gasteiger partial charge in [-0.3, -0.25) is 4.90 Å². The van der Waals surface area contributed by atoms with Crippen LogP contribution in [0.5, 0.6) is 0 Å². The number of hydrogen-bond acceptors (Lipinski definition) is 3. The maximum Gasteiger partial charge on any atom is 0.205 e. The molecule has 0 saturated carbocycles. The lowest BCUT2D eigenvalue weighted by atomic mass is 10.1. The highest BCUT2D eigenvalue weighted by Crippen LogP contribution is 2.33. The molecule has 6 heteroatoms. The Morgan fingerprint density at radius 1 is 1.22 bits per heavy atom. The van der Waals surface area contributed by atoms with Crippen molar-refractivity contribution < 1.29 is 4.74 Å². The molecule has 0 aliphatic carbocycles. The van der Waals surface area contributed by atoms with E-state index in [0.717, 1.165) is 48.9 Å². The van der Waals surface area contributed by atoms with Gasteiger partial charge in [0.1, 0.15) is 0 Å². The Morgan fingerprint density at radius 2 is 2.04 bits per heavy atom. The van der Waals surface area contributed by atoms with Gasteiger partial charge in [-0.15, -0.1) is 0 Å². The van der Waals surface area contributed by atoms with Crippen LogP contribution in [-0.2, 0) is 11.3 Å². The van der Waals surface area contributed by atoms with E-state index >= 15 is 0 Å². The van der Waals surface area contributed by atoms with Gasteiger partial charge in [0.05, 0.1) is 13.2 Å². The minimum Gasteiger partial charge on any atom is -0.383 e. The molecule has 2 aromatic carbocycles. The molecular formula is C21H23Cl2N3O. The number of ether oxygens (including phenoxy) is 1. The minimum absolute atomic E-state index is 0.355. The number of nitrogens with zero attached hydrogens (tertiary/aromatic N) is 3. The summed E-state index contributed by atoms with van der Waals surface area (Å²) >= 11 is 12.7. The van der Waals surface area contributed by atoms with Gasteiger partial charge in [0.2, 0.25) is 5.69 Å². The van der Waals surface area contributed by atoms with Crippen molar-refractivity contribution in [2.45, 2.75) is 19.0 Å². The van der Waals surface area contributed by atoms with Gasteiger partial charge in [-0.2, -0.15) is 0 Å². The number of halogens is 2. The Morgan fingerprint density at radius 3 is 2.74 bits per heavy atom. The number of benzene rings is 2. The van der Waals surface area contributed by atoms with Crippen molar-refractivity contribution in [1.29, 1.82) is 0 Å². The second-order valence-electron chi connectivity index (χ2n) is 6.70. The summed E-state index contributed by atoms with van der Waals surface area (Å²) in [5, 5.41) is 1.25. The highest BCUT2D eigenvalue weighted by Gasteiger charge is 2.28. The molecule has 1 saturated heterocycles. The second-order valence-corrected chi connectivity index (χ2v) is 7.52. The zero-order valence-corrected chi connectivity index (χ0v) is 16.9. The fraction of sp³-hybridized carbons (Fsp3) is 0.381. The van der Waals surface area contributed by atoms with Crippen LogP contribution < -0.4 is 4.90 Å². The van der Waals surface area contributed by atoms with E-state index in [4.69, 9.17) is 34.5 Å². The van der Waals surface area contributed by atoms with Crippen LogP contribution in [0.4, 0.5) is 11.4 Å². The third-order valence-electron chi connectivity index (χ3n) is 4.98. The van der Waals surface area contributed by atoms with E-state index < -0.39 is 0 Å². The average molecular weight is 404 g/mol. The van der Waals surface area contributed by atoms with Crippen molar-refractivity contribution in [2.75, 3.05) is 38.3 Å². The molecule has 142 valence electrons. The zero-order chi connectivity index (χ0) is 19.2. The minimum atomic E-state index is 0.355. The summed E-state index contributed by atoms with van der Waals surface area (Å²) in [6.07, 6.45) is 1.07. The molecule has 0 spiro atoms. The molecule has 1 atom stereocenters. The molecule has 0 unspecified atom stereocenters. The molecule has 1 heterocycles. The summed E-state index contributed by atoms with van der Waals surface area (Å²) in [6, 6.07) is 14.0. The third-order valence-corrected chi connectivity index (χ3v) is 5.65. The fourth-order valence-electron chi connectivity index (χ4n) is 3.50. The Balaban J connectivity index is 1.86. The summed E-state index contributed by atoms with van der Waals surface area (Å²) in [5.74, 6) is 0. The maximum absolute atomic E-state index is 7.22. The molecule has 0 amide bonds. The molecule has 1 fully saturated rings. The highest BCUT2D eigenvalue weighted by molar-refractivity contribution is 6.33. The largest absolute Gasteiger partial charge is 0.383 e. The molecule has 2 aromatic rings. The van der Waals surface area contributed by atoms with Crippen molar-refractivity contribution in [3.63, 3.8) is 0 Å². The van der Waals surface area contributed by atoms with Crippen LogP contribution in [-0.4, -0.2) is 44.3 Å². The topological polar surface area (TPSA) is 20.1 Å². The van der Waals surface area contributed by atoms with Gasteiger partial charge >= 0.3 is 0 Å². The third kappa shape index (κ3) is 4.94. The zero-order valence-electron chi connectivity index (χ0n) is 15.4. The lowest BCUT2D eigenvalue weighted by Crippen LogP contribution is -2.38. The van der Waals surface area contributed by atoms with Crippen LogP contribution >= 0.6 is 23.2 Å². The molecule has 0 aromatic heterocycles. The lowest BCUT2D eigenvalue weighted by Gasteiger charge is -2.32. The molecular weight excluding hydrogens is 381 g/mol. The summed E-state index contributed by atoms with van der Waals surface area (Å²) in [6.45, 7) is 11.6. The quantitative estimate of drug-likeness (QED) is 0.587. The van der Waals surface area contributed by atoms with Crippen molar-refractivity contribution >= 4 is 34.6 Å². The second kappa shape index (κ2) is 9.43. The first-order valence-corrected chi connectivity index (χ1v) is 9.76. The van der Waals surface area contributed by atoms with Crippen LogP contribution in [0.2, 0.25) is 10.0 Å². The average Bonchev–Trinajstić information content (AvgIpc) is 3.14. The van der Waals surface area contributed by atoms with E-state index in [1.54, 1.807) is 13.2 Å². The summed E-state index contributed by atoms with van der Waals surface area (Å²) < 4.78 is 5.22. The predicted molar refractivity (Wildman–Crippen MR) is 112 cm³/mol. The van der Waals surface area contributed by atoms with E-state index in [1.165, 1.54) is 0 Å². The molecule has 1 aliphatic heterocycles. The standard InChI is InChI=1S/C21H23Cl2N3O/c1-24-21-8-7-17(13-20(21)23)26(14-16-5-3-4-6-19(16)22)18-9-10-25(15-18)11-12-27-2/h3-8,13,18H,9-12,14-15H2,2H3/t18-/m0/s1. The van der Waals surface area contributed by atoms with E-state index in [2.05, 4.69) is 20.7 Å². The maximum atomic E-state index is 7.22. The van der Waals surface area contributed by atoms with E-state index in [9.17, 15) is 0 Å². The van der Waals surface area contributed by atoms with Crippen molar-refractivity contribution in [1.82, 2.24) is 4.90 Å². The Bertz CT molecular complexity index is 821. The van der Waals surface area contributed by atoms with Gasteiger partial charge in [0, 0.05) is 55.1 Å². The SMILES string of the molecule is [C-]#[N+]c1ccc(N(Cc2ccccc2Cl)[C@H]2CCN(CCOC)C2)cc1Cl. The van der Waals surface area contributed by atoms with Crippen molar-refractivity contribution in [2.24, 2.45) is 0 Å². The fourth-order valence-corrected chi connectivity index (χ4v) is 3.91. The van der Waals surface area contributed by atoms with Gasteiger partial charge < -0.3 is 9.64 Å². The van der Waals surface area contributed by atoms with Crippen LogP contribution in [0.15, 0.2) is 42.5 Å². The predicted octanol–water partition coefficient (Wildman–Crippen LogP) is 5.27. The number of hydrogen-bond donors (Lipinski definition) is 0. The summed E-state index contributed by atoms with van der Waals surface area (Å²) in [5.41, 5.74) is 2.58. The van der Waals surface area contributed by atoms with Gasteiger partial charge in [-0.25, -0.2) is 4.85 Å². The van der Waals surface area contributed by atoms with Crippen LogP contribution in [0.3, 0.4) is 0 Å². The molecule has 1 aliphatic rings. The van der Waals surface area contributed by atoms with Gasteiger partial charge in [-0.05, 0) is 30.2 Å². The smallest absolute Gasteiger partial charge is 0.205 e. The number of anilines is 1.